The molecule has 0 saturated carbocycles. The minimum Gasteiger partial charge on any atom is -0.373 e. The van der Waals surface area contributed by atoms with Gasteiger partial charge in [-0.2, -0.15) is 0 Å². The van der Waals surface area contributed by atoms with Crippen LogP contribution in [0.5, 0.6) is 0 Å². The largest absolute Gasteiger partial charge is 0.373 e. The molecule has 1 aromatic heterocycles. The van der Waals surface area contributed by atoms with Crippen LogP contribution in [0.25, 0.3) is 0 Å². The summed E-state index contributed by atoms with van der Waals surface area (Å²) in [6, 6.07) is 0. The van der Waals surface area contributed by atoms with Crippen molar-refractivity contribution in [2.45, 2.75) is 34.1 Å². The Morgan fingerprint density at radius 3 is 2.28 bits per heavy atom. The summed E-state index contributed by atoms with van der Waals surface area (Å²) in [6.07, 6.45) is 1.32. The van der Waals surface area contributed by atoms with E-state index in [9.17, 15) is 0 Å². The molecule has 4 heteroatoms. The number of piperidine rings is 1. The van der Waals surface area contributed by atoms with Gasteiger partial charge < -0.3 is 10.2 Å². The lowest BCUT2D eigenvalue weighted by atomic mass is 9.92. The predicted octanol–water partition coefficient (Wildman–Crippen LogP) is 2.62. The van der Waals surface area contributed by atoms with E-state index in [1.54, 1.807) is 0 Å². The van der Waals surface area contributed by atoms with Crippen molar-refractivity contribution in [2.24, 2.45) is 11.8 Å². The third kappa shape index (κ3) is 2.57. The third-order valence-corrected chi connectivity index (χ3v) is 3.64. The Bertz CT molecular complexity index is 420. The van der Waals surface area contributed by atoms with E-state index in [0.29, 0.717) is 0 Å². The smallest absolute Gasteiger partial charge is 0.137 e. The SMILES string of the molecule is CNc1nc(C)nc(N2CC(C)CC(C)C2)c1C. The van der Waals surface area contributed by atoms with Crippen LogP contribution in [0.1, 0.15) is 31.7 Å². The molecule has 2 atom stereocenters. The van der Waals surface area contributed by atoms with Gasteiger partial charge in [-0.1, -0.05) is 13.8 Å². The van der Waals surface area contributed by atoms with E-state index in [1.807, 2.05) is 14.0 Å². The van der Waals surface area contributed by atoms with E-state index < -0.39 is 0 Å². The average molecular weight is 248 g/mol. The molecule has 0 bridgehead atoms. The first-order valence-corrected chi connectivity index (χ1v) is 6.79. The van der Waals surface area contributed by atoms with Gasteiger partial charge in [0.15, 0.2) is 0 Å². The summed E-state index contributed by atoms with van der Waals surface area (Å²) in [7, 11) is 1.92. The van der Waals surface area contributed by atoms with Crippen molar-refractivity contribution in [1.29, 1.82) is 0 Å². The number of aromatic nitrogens is 2. The van der Waals surface area contributed by atoms with E-state index in [4.69, 9.17) is 0 Å². The second-order valence-electron chi connectivity index (χ2n) is 5.67. The summed E-state index contributed by atoms with van der Waals surface area (Å²) >= 11 is 0. The van der Waals surface area contributed by atoms with Crippen LogP contribution in [0.2, 0.25) is 0 Å². The number of anilines is 2. The van der Waals surface area contributed by atoms with Crippen molar-refractivity contribution in [3.8, 4) is 0 Å². The lowest BCUT2D eigenvalue weighted by molar-refractivity contribution is 0.355. The molecule has 18 heavy (non-hydrogen) atoms. The number of aryl methyl sites for hydroxylation is 1. The van der Waals surface area contributed by atoms with E-state index >= 15 is 0 Å². The minimum absolute atomic E-state index is 0.737. The molecule has 2 heterocycles. The first-order chi connectivity index (χ1) is 8.51. The van der Waals surface area contributed by atoms with Gasteiger partial charge in [-0.25, -0.2) is 9.97 Å². The van der Waals surface area contributed by atoms with Crippen LogP contribution in [0.4, 0.5) is 11.6 Å². The molecule has 1 aliphatic rings. The Hall–Kier alpha value is -1.32. The van der Waals surface area contributed by atoms with Crippen molar-refractivity contribution < 1.29 is 0 Å². The van der Waals surface area contributed by atoms with Crippen molar-refractivity contribution in [3.05, 3.63) is 11.4 Å². The highest BCUT2D eigenvalue weighted by Gasteiger charge is 2.24. The van der Waals surface area contributed by atoms with Gasteiger partial charge in [0, 0.05) is 25.7 Å². The molecule has 1 aliphatic heterocycles. The molecule has 0 radical (unpaired) electrons. The van der Waals surface area contributed by atoms with Crippen molar-refractivity contribution in [3.63, 3.8) is 0 Å². The lowest BCUT2D eigenvalue weighted by Gasteiger charge is -2.36. The zero-order valence-corrected chi connectivity index (χ0v) is 12.1. The second kappa shape index (κ2) is 5.12. The Balaban J connectivity index is 2.35. The third-order valence-electron chi connectivity index (χ3n) is 3.64. The lowest BCUT2D eigenvalue weighted by Crippen LogP contribution is -2.39. The van der Waals surface area contributed by atoms with Gasteiger partial charge in [0.2, 0.25) is 0 Å². The summed E-state index contributed by atoms with van der Waals surface area (Å²) in [5, 5.41) is 3.16. The van der Waals surface area contributed by atoms with Gasteiger partial charge in [0.25, 0.3) is 0 Å². The van der Waals surface area contributed by atoms with Gasteiger partial charge >= 0.3 is 0 Å². The normalized spacial score (nSPS) is 24.2. The molecule has 1 N–H and O–H groups in total. The summed E-state index contributed by atoms with van der Waals surface area (Å²) in [5.74, 6) is 4.36. The second-order valence-corrected chi connectivity index (χ2v) is 5.67. The molecule has 0 spiro atoms. The zero-order valence-electron chi connectivity index (χ0n) is 12.1. The van der Waals surface area contributed by atoms with Gasteiger partial charge in [0.1, 0.15) is 17.5 Å². The fourth-order valence-corrected chi connectivity index (χ4v) is 3.00. The first kappa shape index (κ1) is 13.1. The molecule has 2 unspecified atom stereocenters. The molecule has 100 valence electrons. The van der Waals surface area contributed by atoms with Crippen LogP contribution in [-0.4, -0.2) is 30.1 Å². The van der Waals surface area contributed by atoms with Gasteiger partial charge in [-0.3, -0.25) is 0 Å². The first-order valence-electron chi connectivity index (χ1n) is 6.79. The van der Waals surface area contributed by atoms with Crippen LogP contribution >= 0.6 is 0 Å². The fraction of sp³-hybridized carbons (Fsp3) is 0.714. The summed E-state index contributed by atoms with van der Waals surface area (Å²) in [6.45, 7) is 10.9. The zero-order chi connectivity index (χ0) is 13.3. The van der Waals surface area contributed by atoms with Crippen molar-refractivity contribution in [1.82, 2.24) is 9.97 Å². The Morgan fingerprint density at radius 2 is 1.72 bits per heavy atom. The Morgan fingerprint density at radius 1 is 1.11 bits per heavy atom. The van der Waals surface area contributed by atoms with Crippen molar-refractivity contribution in [2.75, 3.05) is 30.4 Å². The maximum Gasteiger partial charge on any atom is 0.137 e. The molecule has 2 rings (SSSR count). The summed E-state index contributed by atoms with van der Waals surface area (Å²) in [5.41, 5.74) is 1.16. The van der Waals surface area contributed by atoms with Gasteiger partial charge in [0.05, 0.1) is 0 Å². The highest BCUT2D eigenvalue weighted by molar-refractivity contribution is 5.58. The molecule has 0 amide bonds. The van der Waals surface area contributed by atoms with Crippen LogP contribution in [-0.2, 0) is 0 Å². The van der Waals surface area contributed by atoms with Crippen LogP contribution in [0.15, 0.2) is 0 Å². The fourth-order valence-electron chi connectivity index (χ4n) is 3.00. The topological polar surface area (TPSA) is 41.1 Å². The van der Waals surface area contributed by atoms with E-state index in [2.05, 4.69) is 41.0 Å². The standard InChI is InChI=1S/C14H24N4/c1-9-6-10(2)8-18(7-9)14-11(3)13(15-5)16-12(4)17-14/h9-10H,6-8H2,1-5H3,(H,15,16,17). The van der Waals surface area contributed by atoms with Crippen LogP contribution < -0.4 is 10.2 Å². The molecule has 0 aliphatic carbocycles. The summed E-state index contributed by atoms with van der Waals surface area (Å²) < 4.78 is 0. The molecular weight excluding hydrogens is 224 g/mol. The maximum atomic E-state index is 4.65. The highest BCUT2D eigenvalue weighted by Crippen LogP contribution is 2.29. The van der Waals surface area contributed by atoms with E-state index in [1.165, 1.54) is 6.42 Å². The molecular formula is C14H24N4. The minimum atomic E-state index is 0.737. The maximum absolute atomic E-state index is 4.65. The molecule has 1 aromatic rings. The monoisotopic (exact) mass is 248 g/mol. The predicted molar refractivity (Wildman–Crippen MR) is 76.2 cm³/mol. The molecule has 1 fully saturated rings. The average Bonchev–Trinajstić information content (AvgIpc) is 2.30. The number of nitrogens with zero attached hydrogens (tertiary/aromatic N) is 3. The number of hydrogen-bond donors (Lipinski definition) is 1. The number of nitrogens with one attached hydrogen (secondary N) is 1. The Labute approximate surface area is 110 Å². The molecule has 0 aromatic carbocycles. The van der Waals surface area contributed by atoms with Crippen LogP contribution in [0, 0.1) is 25.7 Å². The number of rotatable bonds is 2. The van der Waals surface area contributed by atoms with E-state index in [0.717, 1.165) is 47.9 Å². The van der Waals surface area contributed by atoms with E-state index in [-0.39, 0.29) is 0 Å². The summed E-state index contributed by atoms with van der Waals surface area (Å²) in [4.78, 5) is 11.5. The van der Waals surface area contributed by atoms with Crippen LogP contribution in [0.3, 0.4) is 0 Å². The number of hydrogen-bond acceptors (Lipinski definition) is 4. The molecule has 4 nitrogen and oxygen atoms in total. The Kier molecular flexibility index (Phi) is 3.73. The highest BCUT2D eigenvalue weighted by atomic mass is 15.2. The van der Waals surface area contributed by atoms with Crippen molar-refractivity contribution >= 4 is 11.6 Å². The van der Waals surface area contributed by atoms with Gasteiger partial charge in [-0.05, 0) is 32.1 Å². The quantitative estimate of drug-likeness (QED) is 0.873. The van der Waals surface area contributed by atoms with Gasteiger partial charge in [-0.15, -0.1) is 0 Å². The molecule has 1 saturated heterocycles.